The number of hydrogen-bond acceptors (Lipinski definition) is 5. The van der Waals surface area contributed by atoms with Crippen LogP contribution in [0.2, 0.25) is 0 Å². The molecule has 1 N–H and O–H groups in total. The fourth-order valence-electron chi connectivity index (χ4n) is 3.26. The van der Waals surface area contributed by atoms with E-state index in [9.17, 15) is 14.9 Å². The van der Waals surface area contributed by atoms with Crippen molar-refractivity contribution in [2.24, 2.45) is 0 Å². The zero-order valence-electron chi connectivity index (χ0n) is 17.2. The molecule has 0 saturated heterocycles. The quantitative estimate of drug-likeness (QED) is 0.754. The summed E-state index contributed by atoms with van der Waals surface area (Å²) < 4.78 is 10.7. The van der Waals surface area contributed by atoms with Gasteiger partial charge >= 0.3 is 5.97 Å². The van der Waals surface area contributed by atoms with Crippen LogP contribution in [0.1, 0.15) is 65.4 Å². The van der Waals surface area contributed by atoms with E-state index < -0.39 is 30.1 Å². The minimum atomic E-state index is -0.840. The molecule has 1 aromatic rings. The molecule has 1 atom stereocenters. The molecule has 0 heterocycles. The van der Waals surface area contributed by atoms with E-state index in [-0.39, 0.29) is 5.41 Å². The van der Waals surface area contributed by atoms with Crippen molar-refractivity contribution >= 4 is 11.9 Å². The largest absolute Gasteiger partial charge is 0.479 e. The van der Waals surface area contributed by atoms with Gasteiger partial charge in [-0.15, -0.1) is 0 Å². The second kappa shape index (κ2) is 9.09. The van der Waals surface area contributed by atoms with Crippen LogP contribution in [0, 0.1) is 11.3 Å². The minimum Gasteiger partial charge on any atom is -0.479 e. The van der Waals surface area contributed by atoms with Gasteiger partial charge < -0.3 is 14.8 Å². The number of carbonyl (C=O) groups excluding carboxylic acids is 2. The molecule has 28 heavy (non-hydrogen) atoms. The molecule has 0 radical (unpaired) electrons. The number of nitrogens with one attached hydrogen (secondary N) is 1. The maximum absolute atomic E-state index is 12.1. The van der Waals surface area contributed by atoms with Crippen LogP contribution < -0.4 is 10.1 Å². The summed E-state index contributed by atoms with van der Waals surface area (Å²) in [6.07, 6.45) is 3.31. The Labute approximate surface area is 167 Å². The molecule has 0 bridgehead atoms. The van der Waals surface area contributed by atoms with Gasteiger partial charge in [0.05, 0.1) is 6.07 Å². The van der Waals surface area contributed by atoms with E-state index in [4.69, 9.17) is 9.47 Å². The Morgan fingerprint density at radius 2 is 1.79 bits per heavy atom. The standard InChI is InChI=1S/C22H30N2O4/c1-16(28-18-10-8-17(9-11-18)21(2,3)4)20(26)27-14-19(25)24-22(15-23)12-6-5-7-13-22/h8-11,16H,5-7,12-14H2,1-4H3,(H,24,25)/t16-/m0/s1. The summed E-state index contributed by atoms with van der Waals surface area (Å²) in [5.41, 5.74) is 0.370. The van der Waals surface area contributed by atoms with Gasteiger partial charge in [0.25, 0.3) is 5.91 Å². The smallest absolute Gasteiger partial charge is 0.347 e. The van der Waals surface area contributed by atoms with Gasteiger partial charge in [-0.2, -0.15) is 5.26 Å². The molecular formula is C22H30N2O4. The van der Waals surface area contributed by atoms with E-state index in [2.05, 4.69) is 32.2 Å². The molecule has 1 aliphatic rings. The van der Waals surface area contributed by atoms with Crippen molar-refractivity contribution in [3.8, 4) is 11.8 Å². The molecule has 1 amide bonds. The first-order valence-corrected chi connectivity index (χ1v) is 9.81. The van der Waals surface area contributed by atoms with Crippen LogP contribution in [0.5, 0.6) is 5.75 Å². The zero-order valence-corrected chi connectivity index (χ0v) is 17.2. The van der Waals surface area contributed by atoms with Gasteiger partial charge in [0.2, 0.25) is 0 Å². The molecular weight excluding hydrogens is 356 g/mol. The average Bonchev–Trinajstić information content (AvgIpc) is 2.66. The second-order valence-electron chi connectivity index (χ2n) is 8.44. The Kier molecular flexibility index (Phi) is 7.06. The van der Waals surface area contributed by atoms with Crippen LogP contribution in [-0.2, 0) is 19.7 Å². The Balaban J connectivity index is 1.82. The predicted octanol–water partition coefficient (Wildman–Crippen LogP) is 3.64. The molecule has 0 aromatic heterocycles. The van der Waals surface area contributed by atoms with E-state index >= 15 is 0 Å². The third-order valence-corrected chi connectivity index (χ3v) is 5.01. The highest BCUT2D eigenvalue weighted by Gasteiger charge is 2.33. The molecule has 1 saturated carbocycles. The number of carbonyl (C=O) groups is 2. The fraction of sp³-hybridized carbons (Fsp3) is 0.591. The summed E-state index contributed by atoms with van der Waals surface area (Å²) in [4.78, 5) is 24.2. The van der Waals surface area contributed by atoms with E-state index in [1.807, 2.05) is 24.3 Å². The number of benzene rings is 1. The summed E-state index contributed by atoms with van der Waals surface area (Å²) in [6.45, 7) is 7.53. The van der Waals surface area contributed by atoms with Crippen LogP contribution in [0.25, 0.3) is 0 Å². The lowest BCUT2D eigenvalue weighted by atomic mass is 9.83. The van der Waals surface area contributed by atoms with Crippen molar-refractivity contribution in [2.45, 2.75) is 76.9 Å². The number of hydrogen-bond donors (Lipinski definition) is 1. The highest BCUT2D eigenvalue weighted by atomic mass is 16.6. The highest BCUT2D eigenvalue weighted by molar-refractivity contribution is 5.82. The number of nitriles is 1. The molecule has 6 heteroatoms. The normalized spacial score (nSPS) is 17.1. The van der Waals surface area contributed by atoms with Crippen LogP contribution in [-0.4, -0.2) is 30.1 Å². The molecule has 152 valence electrons. The summed E-state index contributed by atoms with van der Waals surface area (Å²) in [7, 11) is 0. The Morgan fingerprint density at radius 1 is 1.18 bits per heavy atom. The van der Waals surface area contributed by atoms with Crippen molar-refractivity contribution in [3.05, 3.63) is 29.8 Å². The number of ether oxygens (including phenoxy) is 2. The van der Waals surface area contributed by atoms with E-state index in [1.165, 1.54) is 5.56 Å². The number of esters is 1. The number of amides is 1. The van der Waals surface area contributed by atoms with Crippen LogP contribution in [0.15, 0.2) is 24.3 Å². The number of nitrogens with zero attached hydrogens (tertiary/aromatic N) is 1. The van der Waals surface area contributed by atoms with Gasteiger partial charge in [-0.05, 0) is 42.9 Å². The van der Waals surface area contributed by atoms with E-state index in [0.717, 1.165) is 19.3 Å². The first-order valence-electron chi connectivity index (χ1n) is 9.81. The van der Waals surface area contributed by atoms with Crippen LogP contribution in [0.3, 0.4) is 0 Å². The van der Waals surface area contributed by atoms with Gasteiger partial charge in [-0.3, -0.25) is 4.79 Å². The van der Waals surface area contributed by atoms with E-state index in [0.29, 0.717) is 18.6 Å². The van der Waals surface area contributed by atoms with Crippen molar-refractivity contribution in [3.63, 3.8) is 0 Å². The summed E-state index contributed by atoms with van der Waals surface area (Å²) in [5.74, 6) is -0.518. The van der Waals surface area contributed by atoms with Crippen LogP contribution in [0.4, 0.5) is 0 Å². The first kappa shape index (κ1) is 21.7. The van der Waals surface area contributed by atoms with Crippen molar-refractivity contribution in [1.29, 1.82) is 5.26 Å². The lowest BCUT2D eigenvalue weighted by molar-refractivity contribution is -0.155. The van der Waals surface area contributed by atoms with Gasteiger partial charge in [-0.25, -0.2) is 4.79 Å². The molecule has 0 spiro atoms. The van der Waals surface area contributed by atoms with Crippen molar-refractivity contribution in [2.75, 3.05) is 6.61 Å². The minimum absolute atomic E-state index is 0.0373. The van der Waals surface area contributed by atoms with Crippen molar-refractivity contribution in [1.82, 2.24) is 5.32 Å². The monoisotopic (exact) mass is 386 g/mol. The molecule has 1 aromatic carbocycles. The highest BCUT2D eigenvalue weighted by Crippen LogP contribution is 2.27. The van der Waals surface area contributed by atoms with Gasteiger partial charge in [0, 0.05) is 0 Å². The Hall–Kier alpha value is -2.55. The predicted molar refractivity (Wildman–Crippen MR) is 106 cm³/mol. The van der Waals surface area contributed by atoms with E-state index in [1.54, 1.807) is 6.92 Å². The summed E-state index contributed by atoms with van der Waals surface area (Å²) >= 11 is 0. The number of rotatable bonds is 6. The average molecular weight is 386 g/mol. The molecule has 0 unspecified atom stereocenters. The molecule has 0 aliphatic heterocycles. The zero-order chi connectivity index (χ0) is 20.8. The van der Waals surface area contributed by atoms with Gasteiger partial charge in [0.1, 0.15) is 11.3 Å². The Morgan fingerprint density at radius 3 is 2.32 bits per heavy atom. The SMILES string of the molecule is C[C@H](Oc1ccc(C(C)(C)C)cc1)C(=O)OCC(=O)NC1(C#N)CCCCC1. The van der Waals surface area contributed by atoms with Crippen LogP contribution >= 0.6 is 0 Å². The fourth-order valence-corrected chi connectivity index (χ4v) is 3.26. The lowest BCUT2D eigenvalue weighted by Crippen LogP contribution is -2.50. The second-order valence-corrected chi connectivity index (χ2v) is 8.44. The Bertz CT molecular complexity index is 722. The molecule has 1 fully saturated rings. The topological polar surface area (TPSA) is 88.4 Å². The summed E-state index contributed by atoms with van der Waals surface area (Å²) in [6, 6.07) is 9.77. The molecule has 6 nitrogen and oxygen atoms in total. The lowest BCUT2D eigenvalue weighted by Gasteiger charge is -2.31. The maximum atomic E-state index is 12.1. The molecule has 1 aliphatic carbocycles. The maximum Gasteiger partial charge on any atom is 0.347 e. The van der Waals surface area contributed by atoms with Gasteiger partial charge in [-0.1, -0.05) is 52.2 Å². The third-order valence-electron chi connectivity index (χ3n) is 5.01. The first-order chi connectivity index (χ1) is 13.1. The van der Waals surface area contributed by atoms with Crippen molar-refractivity contribution < 1.29 is 19.1 Å². The van der Waals surface area contributed by atoms with Gasteiger partial charge in [0.15, 0.2) is 12.7 Å². The third kappa shape index (κ3) is 5.98. The summed E-state index contributed by atoms with van der Waals surface area (Å²) in [5, 5.41) is 12.1. The molecule has 2 rings (SSSR count).